The third-order valence-electron chi connectivity index (χ3n) is 2.47. The van der Waals surface area contributed by atoms with E-state index < -0.39 is 5.91 Å². The Balaban J connectivity index is 2.53. The molecular weight excluding hydrogens is 246 g/mol. The molecule has 2 aromatic heterocycles. The topological polar surface area (TPSA) is 94.1 Å². The molecule has 2 N–H and O–H groups in total. The van der Waals surface area contributed by atoms with Gasteiger partial charge in [-0.2, -0.15) is 5.10 Å². The fraction of sp³-hybridized carbons (Fsp3) is 0.167. The zero-order valence-corrected chi connectivity index (χ0v) is 10.6. The molecule has 0 bridgehead atoms. The van der Waals surface area contributed by atoms with Gasteiger partial charge in [-0.25, -0.2) is 9.67 Å². The number of primary amides is 1. The number of rotatable bonds is 3. The van der Waals surface area contributed by atoms with Crippen molar-refractivity contribution in [2.45, 2.75) is 0 Å². The van der Waals surface area contributed by atoms with Crippen molar-refractivity contribution in [3.8, 4) is 5.82 Å². The van der Waals surface area contributed by atoms with E-state index in [-0.39, 0.29) is 17.2 Å². The van der Waals surface area contributed by atoms with E-state index in [9.17, 15) is 9.59 Å². The van der Waals surface area contributed by atoms with Crippen LogP contribution in [0.3, 0.4) is 0 Å². The molecule has 2 aromatic rings. The molecular formula is C12H13N5O2. The predicted octanol–water partition coefficient (Wildman–Crippen LogP) is 0.0680. The number of hydrogen-bond acceptors (Lipinski definition) is 4. The first-order valence-corrected chi connectivity index (χ1v) is 5.53. The highest BCUT2D eigenvalue weighted by Gasteiger charge is 2.22. The Morgan fingerprint density at radius 2 is 2.05 bits per heavy atom. The Hall–Kier alpha value is -2.70. The summed E-state index contributed by atoms with van der Waals surface area (Å²) in [6, 6.07) is 5.25. The maximum absolute atomic E-state index is 11.9. The Labute approximate surface area is 109 Å². The molecule has 2 heterocycles. The van der Waals surface area contributed by atoms with Crippen molar-refractivity contribution in [3.63, 3.8) is 0 Å². The van der Waals surface area contributed by atoms with Crippen LogP contribution in [-0.2, 0) is 0 Å². The molecule has 7 nitrogen and oxygen atoms in total. The number of nitrogens with two attached hydrogens (primary N) is 1. The first-order valence-electron chi connectivity index (χ1n) is 5.53. The van der Waals surface area contributed by atoms with E-state index in [0.717, 1.165) is 0 Å². The van der Waals surface area contributed by atoms with Gasteiger partial charge in [0.2, 0.25) is 0 Å². The average molecular weight is 259 g/mol. The van der Waals surface area contributed by atoms with Gasteiger partial charge in [0.1, 0.15) is 0 Å². The lowest BCUT2D eigenvalue weighted by molar-refractivity contribution is 0.0815. The number of carbonyl (C=O) groups excluding carboxylic acids is 2. The van der Waals surface area contributed by atoms with Gasteiger partial charge in [0.05, 0.1) is 5.56 Å². The summed E-state index contributed by atoms with van der Waals surface area (Å²) in [5, 5.41) is 4.08. The maximum atomic E-state index is 11.9. The van der Waals surface area contributed by atoms with Gasteiger partial charge in [0, 0.05) is 26.5 Å². The van der Waals surface area contributed by atoms with Crippen molar-refractivity contribution >= 4 is 11.8 Å². The molecule has 98 valence electrons. The normalized spacial score (nSPS) is 10.2. The number of aromatic nitrogens is 3. The number of carbonyl (C=O) groups is 2. The largest absolute Gasteiger partial charge is 0.365 e. The van der Waals surface area contributed by atoms with Gasteiger partial charge in [-0.05, 0) is 12.1 Å². The molecule has 0 saturated carbocycles. The highest BCUT2D eigenvalue weighted by Crippen LogP contribution is 2.11. The third kappa shape index (κ3) is 2.44. The smallest absolute Gasteiger partial charge is 0.274 e. The van der Waals surface area contributed by atoms with E-state index in [4.69, 9.17) is 5.73 Å². The molecule has 0 aromatic carbocycles. The predicted molar refractivity (Wildman–Crippen MR) is 67.9 cm³/mol. The zero-order chi connectivity index (χ0) is 14.0. The Bertz CT molecular complexity index is 618. The van der Waals surface area contributed by atoms with E-state index >= 15 is 0 Å². The van der Waals surface area contributed by atoms with Crippen LogP contribution >= 0.6 is 0 Å². The molecule has 19 heavy (non-hydrogen) atoms. The van der Waals surface area contributed by atoms with Gasteiger partial charge in [0.25, 0.3) is 11.8 Å². The van der Waals surface area contributed by atoms with E-state index in [1.807, 2.05) is 0 Å². The lowest BCUT2D eigenvalue weighted by Gasteiger charge is -2.08. The summed E-state index contributed by atoms with van der Waals surface area (Å²) < 4.78 is 1.36. The standard InChI is InChI=1S/C12H13N5O2/c1-16(2)12(19)10-8(11(13)18)7-17(15-10)9-5-3-4-6-14-9/h3-7H,1-2H3,(H2,13,18). The molecule has 0 fully saturated rings. The monoisotopic (exact) mass is 259 g/mol. The second-order valence-electron chi connectivity index (χ2n) is 4.09. The number of hydrogen-bond donors (Lipinski definition) is 1. The molecule has 0 aliphatic rings. The number of amides is 2. The van der Waals surface area contributed by atoms with Crippen molar-refractivity contribution in [3.05, 3.63) is 41.9 Å². The molecule has 0 aliphatic carbocycles. The minimum absolute atomic E-state index is 0.0168. The van der Waals surface area contributed by atoms with Crippen LogP contribution in [0.4, 0.5) is 0 Å². The van der Waals surface area contributed by atoms with Crippen LogP contribution in [0, 0.1) is 0 Å². The summed E-state index contributed by atoms with van der Waals surface area (Å²) in [5.41, 5.74) is 5.35. The van der Waals surface area contributed by atoms with E-state index in [1.165, 1.54) is 15.8 Å². The van der Waals surface area contributed by atoms with Crippen molar-refractivity contribution in [1.29, 1.82) is 0 Å². The van der Waals surface area contributed by atoms with E-state index in [2.05, 4.69) is 10.1 Å². The van der Waals surface area contributed by atoms with E-state index in [0.29, 0.717) is 5.82 Å². The molecule has 7 heteroatoms. The second kappa shape index (κ2) is 4.89. The fourth-order valence-corrected chi connectivity index (χ4v) is 1.53. The quantitative estimate of drug-likeness (QED) is 0.843. The first kappa shape index (κ1) is 12.7. The Kier molecular flexibility index (Phi) is 3.28. The van der Waals surface area contributed by atoms with E-state index in [1.54, 1.807) is 38.5 Å². The Morgan fingerprint density at radius 1 is 1.32 bits per heavy atom. The van der Waals surface area contributed by atoms with Crippen LogP contribution in [0.25, 0.3) is 5.82 Å². The molecule has 0 aliphatic heterocycles. The minimum Gasteiger partial charge on any atom is -0.365 e. The summed E-state index contributed by atoms with van der Waals surface area (Å²) in [5.74, 6) is -0.585. The van der Waals surface area contributed by atoms with Crippen molar-refractivity contribution < 1.29 is 9.59 Å². The summed E-state index contributed by atoms with van der Waals surface area (Å²) in [6.07, 6.45) is 3.00. The van der Waals surface area contributed by atoms with Crippen molar-refractivity contribution in [1.82, 2.24) is 19.7 Å². The van der Waals surface area contributed by atoms with Gasteiger partial charge >= 0.3 is 0 Å². The van der Waals surface area contributed by atoms with Crippen LogP contribution in [0.1, 0.15) is 20.8 Å². The lowest BCUT2D eigenvalue weighted by atomic mass is 10.2. The molecule has 0 saturated heterocycles. The summed E-state index contributed by atoms with van der Waals surface area (Å²) in [6.45, 7) is 0. The van der Waals surface area contributed by atoms with Crippen LogP contribution in [0.2, 0.25) is 0 Å². The molecule has 0 radical (unpaired) electrons. The summed E-state index contributed by atoms with van der Waals surface area (Å²) in [7, 11) is 3.15. The Morgan fingerprint density at radius 3 is 2.58 bits per heavy atom. The van der Waals surface area contributed by atoms with Crippen LogP contribution in [0.15, 0.2) is 30.6 Å². The molecule has 0 unspecified atom stereocenters. The highest BCUT2D eigenvalue weighted by molar-refractivity contribution is 6.05. The lowest BCUT2D eigenvalue weighted by Crippen LogP contribution is -2.25. The highest BCUT2D eigenvalue weighted by atomic mass is 16.2. The molecule has 0 atom stereocenters. The van der Waals surface area contributed by atoms with Gasteiger partial charge in [-0.15, -0.1) is 0 Å². The van der Waals surface area contributed by atoms with Crippen LogP contribution in [0.5, 0.6) is 0 Å². The number of pyridine rings is 1. The molecule has 2 rings (SSSR count). The van der Waals surface area contributed by atoms with Crippen molar-refractivity contribution in [2.24, 2.45) is 5.73 Å². The van der Waals surface area contributed by atoms with Crippen molar-refractivity contribution in [2.75, 3.05) is 14.1 Å². The van der Waals surface area contributed by atoms with Gasteiger partial charge in [0.15, 0.2) is 11.5 Å². The first-order chi connectivity index (χ1) is 9.00. The minimum atomic E-state index is -0.701. The summed E-state index contributed by atoms with van der Waals surface area (Å²) in [4.78, 5) is 28.7. The molecule has 0 spiro atoms. The average Bonchev–Trinajstić information content (AvgIpc) is 2.83. The van der Waals surface area contributed by atoms with Gasteiger partial charge < -0.3 is 10.6 Å². The number of nitrogens with zero attached hydrogens (tertiary/aromatic N) is 4. The fourth-order valence-electron chi connectivity index (χ4n) is 1.53. The molecule has 2 amide bonds. The van der Waals surface area contributed by atoms with Gasteiger partial charge in [-0.1, -0.05) is 6.07 Å². The summed E-state index contributed by atoms with van der Waals surface area (Å²) >= 11 is 0. The maximum Gasteiger partial charge on any atom is 0.274 e. The second-order valence-corrected chi connectivity index (χ2v) is 4.09. The third-order valence-corrected chi connectivity index (χ3v) is 2.47. The van der Waals surface area contributed by atoms with Crippen LogP contribution in [-0.4, -0.2) is 45.6 Å². The SMILES string of the molecule is CN(C)C(=O)c1nn(-c2ccccn2)cc1C(N)=O. The van der Waals surface area contributed by atoms with Crippen LogP contribution < -0.4 is 5.73 Å². The zero-order valence-electron chi connectivity index (χ0n) is 10.6. The van der Waals surface area contributed by atoms with Gasteiger partial charge in [-0.3, -0.25) is 9.59 Å².